The number of amides is 1. The molecule has 2 heterocycles. The number of anilines is 1. The van der Waals surface area contributed by atoms with Gasteiger partial charge in [-0.3, -0.25) is 9.59 Å². The van der Waals surface area contributed by atoms with Gasteiger partial charge >= 0.3 is 5.97 Å². The molecule has 10 nitrogen and oxygen atoms in total. The molecule has 0 fully saturated rings. The van der Waals surface area contributed by atoms with Crippen molar-refractivity contribution in [2.45, 2.75) is 25.3 Å². The first-order chi connectivity index (χ1) is 13.2. The molecular formula is C16H20N4O6S2. The monoisotopic (exact) mass is 428 g/mol. The Kier molecular flexibility index (Phi) is 7.05. The number of nitrogens with zero attached hydrogens (tertiary/aromatic N) is 3. The second kappa shape index (κ2) is 9.08. The van der Waals surface area contributed by atoms with Crippen LogP contribution in [0, 0.1) is 0 Å². The fourth-order valence-electron chi connectivity index (χ4n) is 2.34. The third-order valence-corrected chi connectivity index (χ3v) is 6.68. The normalized spacial score (nSPS) is 11.4. The smallest absolute Gasteiger partial charge is 0.349 e. The van der Waals surface area contributed by atoms with E-state index in [4.69, 9.17) is 0 Å². The van der Waals surface area contributed by atoms with Crippen molar-refractivity contribution in [1.29, 1.82) is 0 Å². The summed E-state index contributed by atoms with van der Waals surface area (Å²) in [5.41, 5.74) is -0.525. The van der Waals surface area contributed by atoms with Gasteiger partial charge in [0.1, 0.15) is 11.4 Å². The van der Waals surface area contributed by atoms with E-state index >= 15 is 0 Å². The molecule has 0 aromatic carbocycles. The van der Waals surface area contributed by atoms with Gasteiger partial charge in [0.25, 0.3) is 5.56 Å². The number of methoxy groups -OCH3 is 1. The maximum Gasteiger partial charge on any atom is 0.349 e. The summed E-state index contributed by atoms with van der Waals surface area (Å²) < 4.78 is 32.0. The highest BCUT2D eigenvalue weighted by atomic mass is 32.2. The summed E-state index contributed by atoms with van der Waals surface area (Å²) in [7, 11) is -2.54. The summed E-state index contributed by atoms with van der Waals surface area (Å²) in [6.07, 6.45) is 2.40. The lowest BCUT2D eigenvalue weighted by molar-refractivity contribution is -0.116. The first-order valence-electron chi connectivity index (χ1n) is 8.27. The maximum atomic E-state index is 12.6. The number of hydrogen-bond acceptors (Lipinski definition) is 8. The molecule has 0 aliphatic rings. The Morgan fingerprint density at radius 3 is 2.57 bits per heavy atom. The highest BCUT2D eigenvalue weighted by Crippen LogP contribution is 2.19. The fourth-order valence-corrected chi connectivity index (χ4v) is 4.57. The third-order valence-electron chi connectivity index (χ3n) is 3.75. The lowest BCUT2D eigenvalue weighted by Gasteiger charge is -2.18. The quantitative estimate of drug-likeness (QED) is 0.615. The molecule has 0 spiro atoms. The summed E-state index contributed by atoms with van der Waals surface area (Å²) in [5.74, 6) is -1.17. The van der Waals surface area contributed by atoms with Gasteiger partial charge < -0.3 is 14.6 Å². The van der Waals surface area contributed by atoms with Crippen molar-refractivity contribution in [1.82, 2.24) is 13.9 Å². The van der Waals surface area contributed by atoms with Crippen LogP contribution in [-0.2, 0) is 26.1 Å². The van der Waals surface area contributed by atoms with E-state index in [0.29, 0.717) is 0 Å². The van der Waals surface area contributed by atoms with E-state index in [0.717, 1.165) is 28.2 Å². The van der Waals surface area contributed by atoms with Crippen molar-refractivity contribution in [3.05, 3.63) is 39.8 Å². The van der Waals surface area contributed by atoms with E-state index < -0.39 is 34.0 Å². The minimum Gasteiger partial charge on any atom is -0.465 e. The van der Waals surface area contributed by atoms with Gasteiger partial charge in [0.2, 0.25) is 15.9 Å². The molecule has 1 amide bonds. The van der Waals surface area contributed by atoms with Crippen LogP contribution in [0.15, 0.2) is 34.2 Å². The third kappa shape index (κ3) is 4.82. The molecule has 0 saturated carbocycles. The van der Waals surface area contributed by atoms with Crippen molar-refractivity contribution < 1.29 is 22.7 Å². The molecule has 2 rings (SSSR count). The standard InChI is InChI=1S/C16H20N4O6S2/c1-4-20(5-2)28(24,25)11-6-7-14(22)19(9-11)10-13(21)18-16-17-8-12(27-16)15(23)26-3/h6-9H,4-5,10H2,1-3H3,(H,17,18,21). The van der Waals surface area contributed by atoms with E-state index in [1.54, 1.807) is 13.8 Å². The van der Waals surface area contributed by atoms with E-state index in [9.17, 15) is 22.8 Å². The topological polar surface area (TPSA) is 128 Å². The van der Waals surface area contributed by atoms with Crippen LogP contribution in [0.4, 0.5) is 5.13 Å². The van der Waals surface area contributed by atoms with Crippen LogP contribution in [0.2, 0.25) is 0 Å². The number of hydrogen-bond donors (Lipinski definition) is 1. The van der Waals surface area contributed by atoms with Gasteiger partial charge in [-0.1, -0.05) is 25.2 Å². The van der Waals surface area contributed by atoms with Gasteiger partial charge in [0, 0.05) is 25.4 Å². The predicted octanol–water partition coefficient (Wildman–Crippen LogP) is 0.761. The number of carbonyl (C=O) groups is 2. The van der Waals surface area contributed by atoms with Gasteiger partial charge in [0.15, 0.2) is 5.13 Å². The first-order valence-corrected chi connectivity index (χ1v) is 10.5. The number of esters is 1. The van der Waals surface area contributed by atoms with Crippen molar-refractivity contribution in [2.75, 3.05) is 25.5 Å². The second-order valence-electron chi connectivity index (χ2n) is 5.49. The van der Waals surface area contributed by atoms with Gasteiger partial charge in [-0.25, -0.2) is 18.2 Å². The largest absolute Gasteiger partial charge is 0.465 e. The Hall–Kier alpha value is -2.57. The van der Waals surface area contributed by atoms with Crippen LogP contribution in [0.25, 0.3) is 0 Å². The Labute approximate surface area is 165 Å². The van der Waals surface area contributed by atoms with Crippen molar-refractivity contribution in [3.63, 3.8) is 0 Å². The summed E-state index contributed by atoms with van der Waals surface area (Å²) in [5, 5.41) is 2.62. The minimum absolute atomic E-state index is 0.0779. The number of aromatic nitrogens is 2. The summed E-state index contributed by atoms with van der Waals surface area (Å²) in [6, 6.07) is 2.32. The summed E-state index contributed by atoms with van der Waals surface area (Å²) in [4.78, 5) is 39.7. The van der Waals surface area contributed by atoms with Crippen LogP contribution < -0.4 is 10.9 Å². The van der Waals surface area contributed by atoms with Crippen LogP contribution >= 0.6 is 11.3 Å². The Bertz CT molecular complexity index is 1020. The molecular weight excluding hydrogens is 408 g/mol. The van der Waals surface area contributed by atoms with Crippen LogP contribution in [0.5, 0.6) is 0 Å². The molecule has 0 bridgehead atoms. The minimum atomic E-state index is -3.76. The highest BCUT2D eigenvalue weighted by Gasteiger charge is 2.22. The number of rotatable bonds is 8. The molecule has 1 N–H and O–H groups in total. The molecule has 2 aromatic rings. The second-order valence-corrected chi connectivity index (χ2v) is 8.46. The molecule has 12 heteroatoms. The SMILES string of the molecule is CCN(CC)S(=O)(=O)c1ccc(=O)n(CC(=O)Nc2ncc(C(=O)OC)s2)c1. The maximum absolute atomic E-state index is 12.6. The molecule has 0 atom stereocenters. The zero-order chi connectivity index (χ0) is 20.9. The van der Waals surface area contributed by atoms with Gasteiger partial charge in [-0.2, -0.15) is 4.31 Å². The number of pyridine rings is 1. The molecule has 152 valence electrons. The molecule has 0 aliphatic heterocycles. The van der Waals surface area contributed by atoms with E-state index in [2.05, 4.69) is 15.0 Å². The van der Waals surface area contributed by atoms with Crippen LogP contribution in [0.3, 0.4) is 0 Å². The lowest BCUT2D eigenvalue weighted by Crippen LogP contribution is -2.33. The number of carbonyl (C=O) groups excluding carboxylic acids is 2. The van der Waals surface area contributed by atoms with E-state index in [1.165, 1.54) is 23.7 Å². The predicted molar refractivity (Wildman–Crippen MR) is 103 cm³/mol. The number of ether oxygens (including phenoxy) is 1. The molecule has 2 aromatic heterocycles. The molecule has 28 heavy (non-hydrogen) atoms. The number of nitrogens with one attached hydrogen (secondary N) is 1. The molecule has 0 saturated heterocycles. The van der Waals surface area contributed by atoms with Gasteiger partial charge in [-0.05, 0) is 6.07 Å². The summed E-state index contributed by atoms with van der Waals surface area (Å²) >= 11 is 0.918. The van der Waals surface area contributed by atoms with Gasteiger partial charge in [-0.15, -0.1) is 0 Å². The van der Waals surface area contributed by atoms with Crippen molar-refractivity contribution in [3.8, 4) is 0 Å². The first kappa shape index (κ1) is 21.7. The highest BCUT2D eigenvalue weighted by molar-refractivity contribution is 7.89. The van der Waals surface area contributed by atoms with Crippen LogP contribution in [-0.4, -0.2) is 54.3 Å². The van der Waals surface area contributed by atoms with Crippen LogP contribution in [0.1, 0.15) is 23.5 Å². The Morgan fingerprint density at radius 2 is 1.96 bits per heavy atom. The number of thiazole rings is 1. The van der Waals surface area contributed by atoms with E-state index in [1.807, 2.05) is 0 Å². The van der Waals surface area contributed by atoms with Crippen molar-refractivity contribution >= 4 is 38.4 Å². The molecule has 0 radical (unpaired) electrons. The zero-order valence-electron chi connectivity index (χ0n) is 15.5. The summed E-state index contributed by atoms with van der Waals surface area (Å²) in [6.45, 7) is 3.58. The lowest BCUT2D eigenvalue weighted by atomic mass is 10.4. The van der Waals surface area contributed by atoms with Crippen molar-refractivity contribution in [2.24, 2.45) is 0 Å². The van der Waals surface area contributed by atoms with Gasteiger partial charge in [0.05, 0.1) is 18.2 Å². The fraction of sp³-hybridized carbons (Fsp3) is 0.375. The Balaban J connectivity index is 2.20. The molecule has 0 aliphatic carbocycles. The Morgan fingerprint density at radius 1 is 1.29 bits per heavy atom. The average molecular weight is 428 g/mol. The van der Waals surface area contributed by atoms with E-state index in [-0.39, 0.29) is 28.0 Å². The average Bonchev–Trinajstić information content (AvgIpc) is 3.11. The number of sulfonamides is 1. The zero-order valence-corrected chi connectivity index (χ0v) is 17.2. The molecule has 0 unspecified atom stereocenters.